The molecule has 2 rings (SSSR count). The Labute approximate surface area is 121 Å². The van der Waals surface area contributed by atoms with Crippen molar-refractivity contribution in [3.8, 4) is 0 Å². The number of nitro benzene ring substituents is 1. The van der Waals surface area contributed by atoms with E-state index in [1.165, 1.54) is 12.1 Å². The van der Waals surface area contributed by atoms with Gasteiger partial charge in [-0.15, -0.1) is 0 Å². The van der Waals surface area contributed by atoms with E-state index in [2.05, 4.69) is 5.10 Å². The maximum Gasteiger partial charge on any atom is 0.308 e. The number of aryl methyl sites for hydroxylation is 2. The Bertz CT molecular complexity index is 651. The summed E-state index contributed by atoms with van der Waals surface area (Å²) in [4.78, 5) is 21.8. The highest BCUT2D eigenvalue weighted by molar-refractivity contribution is 5.69. The van der Waals surface area contributed by atoms with Crippen LogP contribution in [-0.4, -0.2) is 20.7 Å². The third-order valence-corrected chi connectivity index (χ3v) is 2.83. The lowest BCUT2D eigenvalue weighted by atomic mass is 10.2. The molecule has 0 spiro atoms. The maximum atomic E-state index is 11.6. The molecule has 0 aliphatic heterocycles. The van der Waals surface area contributed by atoms with Gasteiger partial charge in [-0.1, -0.05) is 12.1 Å². The zero-order valence-corrected chi connectivity index (χ0v) is 11.6. The summed E-state index contributed by atoms with van der Waals surface area (Å²) in [7, 11) is 0. The van der Waals surface area contributed by atoms with Crippen LogP contribution in [0.1, 0.15) is 17.5 Å². The Balaban J connectivity index is 1.81. The third-order valence-electron chi connectivity index (χ3n) is 2.83. The second-order valence-corrected chi connectivity index (χ2v) is 4.62. The number of hydrogen-bond acceptors (Lipinski definition) is 5. The van der Waals surface area contributed by atoms with Crippen molar-refractivity contribution >= 4 is 11.7 Å². The number of non-ortho nitro benzene ring substituents is 1. The fraction of sp³-hybridized carbons (Fsp3) is 0.286. The van der Waals surface area contributed by atoms with E-state index in [4.69, 9.17) is 4.74 Å². The molecule has 0 saturated carbocycles. The second kappa shape index (κ2) is 6.65. The average molecular weight is 289 g/mol. The van der Waals surface area contributed by atoms with E-state index in [-0.39, 0.29) is 24.7 Å². The lowest BCUT2D eigenvalue weighted by Crippen LogP contribution is -2.09. The first-order valence-corrected chi connectivity index (χ1v) is 6.42. The van der Waals surface area contributed by atoms with Crippen LogP contribution >= 0.6 is 0 Å². The minimum atomic E-state index is -0.481. The van der Waals surface area contributed by atoms with Gasteiger partial charge in [-0.05, 0) is 18.1 Å². The first-order chi connectivity index (χ1) is 10.0. The lowest BCUT2D eigenvalue weighted by molar-refractivity contribution is -0.384. The van der Waals surface area contributed by atoms with E-state index in [9.17, 15) is 14.9 Å². The number of benzene rings is 1. The summed E-state index contributed by atoms with van der Waals surface area (Å²) >= 11 is 0. The van der Waals surface area contributed by atoms with E-state index in [0.717, 1.165) is 5.56 Å². The van der Waals surface area contributed by atoms with Crippen LogP contribution in [0.4, 0.5) is 5.69 Å². The molecular weight excluding hydrogens is 274 g/mol. The molecule has 0 saturated heterocycles. The predicted octanol–water partition coefficient (Wildman–Crippen LogP) is 2.23. The molecule has 7 heteroatoms. The number of hydrogen-bond donors (Lipinski definition) is 0. The highest BCUT2D eigenvalue weighted by atomic mass is 16.6. The Hall–Kier alpha value is -2.70. The van der Waals surface area contributed by atoms with Crippen molar-refractivity contribution in [3.05, 3.63) is 57.9 Å². The molecule has 1 aromatic carbocycles. The Kier molecular flexibility index (Phi) is 4.65. The molecule has 0 amide bonds. The topological polar surface area (TPSA) is 87.3 Å². The molecule has 2 aromatic rings. The van der Waals surface area contributed by atoms with Crippen molar-refractivity contribution in [1.29, 1.82) is 0 Å². The number of esters is 1. The normalized spacial score (nSPS) is 10.3. The summed E-state index contributed by atoms with van der Waals surface area (Å²) in [5, 5.41) is 14.7. The molecule has 1 heterocycles. The van der Waals surface area contributed by atoms with Gasteiger partial charge in [0.2, 0.25) is 0 Å². The number of nitro groups is 1. The minimum Gasteiger partial charge on any atom is -0.461 e. The molecule has 0 fully saturated rings. The van der Waals surface area contributed by atoms with Gasteiger partial charge < -0.3 is 4.74 Å². The quantitative estimate of drug-likeness (QED) is 0.462. The number of nitrogens with zero attached hydrogens (tertiary/aromatic N) is 3. The van der Waals surface area contributed by atoms with Gasteiger partial charge in [0.25, 0.3) is 5.69 Å². The molecule has 0 aliphatic rings. The summed E-state index contributed by atoms with van der Waals surface area (Å²) in [5.74, 6) is -0.366. The highest BCUT2D eigenvalue weighted by Crippen LogP contribution is 2.14. The molecule has 0 bridgehead atoms. The third kappa shape index (κ3) is 4.41. The van der Waals surface area contributed by atoms with Gasteiger partial charge in [0.05, 0.1) is 24.1 Å². The lowest BCUT2D eigenvalue weighted by Gasteiger charge is -2.05. The van der Waals surface area contributed by atoms with Gasteiger partial charge in [-0.25, -0.2) is 0 Å². The van der Waals surface area contributed by atoms with Crippen LogP contribution in [0.5, 0.6) is 0 Å². The Morgan fingerprint density at radius 3 is 2.95 bits per heavy atom. The number of aromatic nitrogens is 2. The zero-order chi connectivity index (χ0) is 15.2. The first-order valence-electron chi connectivity index (χ1n) is 6.42. The summed E-state index contributed by atoms with van der Waals surface area (Å²) < 4.78 is 6.76. The molecule has 0 unspecified atom stereocenters. The van der Waals surface area contributed by atoms with Crippen molar-refractivity contribution in [3.63, 3.8) is 0 Å². The first kappa shape index (κ1) is 14.7. The van der Waals surface area contributed by atoms with Gasteiger partial charge in [-0.3, -0.25) is 19.6 Å². The minimum absolute atomic E-state index is 0.0180. The summed E-state index contributed by atoms with van der Waals surface area (Å²) in [6.45, 7) is 2.39. The van der Waals surface area contributed by atoms with E-state index in [1.807, 2.05) is 13.1 Å². The van der Waals surface area contributed by atoms with Gasteiger partial charge in [-0.2, -0.15) is 5.10 Å². The molecule has 0 atom stereocenters. The molecule has 0 aliphatic carbocycles. The Morgan fingerprint density at radius 1 is 1.48 bits per heavy atom. The number of rotatable bonds is 6. The van der Waals surface area contributed by atoms with Crippen molar-refractivity contribution in [1.82, 2.24) is 9.78 Å². The zero-order valence-electron chi connectivity index (χ0n) is 11.6. The smallest absolute Gasteiger partial charge is 0.308 e. The molecular formula is C14H15N3O4. The van der Waals surface area contributed by atoms with Crippen LogP contribution in [0.3, 0.4) is 0 Å². The highest BCUT2D eigenvalue weighted by Gasteiger charge is 2.08. The maximum absolute atomic E-state index is 11.6. The Morgan fingerprint density at radius 2 is 2.29 bits per heavy atom. The summed E-state index contributed by atoms with van der Waals surface area (Å²) in [6, 6.07) is 6.03. The molecule has 21 heavy (non-hydrogen) atoms. The van der Waals surface area contributed by atoms with Crippen LogP contribution in [0.25, 0.3) is 0 Å². The number of ether oxygens (including phenoxy) is 1. The van der Waals surface area contributed by atoms with Crippen molar-refractivity contribution in [2.24, 2.45) is 0 Å². The van der Waals surface area contributed by atoms with E-state index in [1.54, 1.807) is 23.0 Å². The fourth-order valence-electron chi connectivity index (χ4n) is 1.79. The number of carbonyl (C=O) groups is 1. The molecule has 7 nitrogen and oxygen atoms in total. The molecule has 0 N–H and O–H groups in total. The van der Waals surface area contributed by atoms with Crippen LogP contribution in [0.15, 0.2) is 36.7 Å². The van der Waals surface area contributed by atoms with E-state index in [0.29, 0.717) is 12.1 Å². The largest absolute Gasteiger partial charge is 0.461 e. The van der Waals surface area contributed by atoms with Crippen LogP contribution in [0.2, 0.25) is 0 Å². The molecule has 0 radical (unpaired) electrons. The predicted molar refractivity (Wildman–Crippen MR) is 74.5 cm³/mol. The van der Waals surface area contributed by atoms with Gasteiger partial charge in [0.15, 0.2) is 0 Å². The van der Waals surface area contributed by atoms with E-state index >= 15 is 0 Å². The average Bonchev–Trinajstić information content (AvgIpc) is 2.89. The molecule has 1 aromatic heterocycles. The van der Waals surface area contributed by atoms with Gasteiger partial charge >= 0.3 is 5.97 Å². The van der Waals surface area contributed by atoms with Crippen molar-refractivity contribution < 1.29 is 14.5 Å². The van der Waals surface area contributed by atoms with Crippen LogP contribution in [0, 0.1) is 17.0 Å². The van der Waals surface area contributed by atoms with Crippen LogP contribution in [-0.2, 0) is 22.7 Å². The SMILES string of the molecule is Cc1cnn(CCC(=O)OCc2cccc([N+](=O)[O-])c2)c1. The van der Waals surface area contributed by atoms with E-state index < -0.39 is 4.92 Å². The van der Waals surface area contributed by atoms with Crippen molar-refractivity contribution in [2.45, 2.75) is 26.5 Å². The fourth-order valence-corrected chi connectivity index (χ4v) is 1.79. The monoisotopic (exact) mass is 289 g/mol. The van der Waals surface area contributed by atoms with Crippen molar-refractivity contribution in [2.75, 3.05) is 0 Å². The summed E-state index contributed by atoms with van der Waals surface area (Å²) in [6.07, 6.45) is 3.76. The van der Waals surface area contributed by atoms with Crippen LogP contribution < -0.4 is 0 Å². The number of carbonyl (C=O) groups excluding carboxylic acids is 1. The van der Waals surface area contributed by atoms with Gasteiger partial charge in [0, 0.05) is 18.3 Å². The molecule has 110 valence electrons. The standard InChI is InChI=1S/C14H15N3O4/c1-11-8-15-16(9-11)6-5-14(18)21-10-12-3-2-4-13(7-12)17(19)20/h2-4,7-9H,5-6,10H2,1H3. The summed E-state index contributed by atoms with van der Waals surface area (Å²) in [5.41, 5.74) is 1.60. The second-order valence-electron chi connectivity index (χ2n) is 4.62. The van der Waals surface area contributed by atoms with Gasteiger partial charge in [0.1, 0.15) is 6.61 Å².